The average Bonchev–Trinajstić information content (AvgIpc) is 3.12. The number of tetrazole rings is 1. The molecule has 0 fully saturated rings. The van der Waals surface area contributed by atoms with Gasteiger partial charge in [0.15, 0.2) is 0 Å². The van der Waals surface area contributed by atoms with Gasteiger partial charge in [0.2, 0.25) is 5.82 Å². The zero-order chi connectivity index (χ0) is 16.2. The zero-order valence-corrected chi connectivity index (χ0v) is 12.9. The van der Waals surface area contributed by atoms with E-state index in [1.807, 2.05) is 42.5 Å². The number of pyridine rings is 1. The third kappa shape index (κ3) is 3.05. The Labute approximate surface area is 139 Å². The highest BCUT2D eigenvalue weighted by molar-refractivity contribution is 5.69. The van der Waals surface area contributed by atoms with Gasteiger partial charge < -0.3 is 0 Å². The summed E-state index contributed by atoms with van der Waals surface area (Å²) in [6.45, 7) is 0.555. The Bertz CT molecular complexity index is 932. The van der Waals surface area contributed by atoms with Gasteiger partial charge in [-0.3, -0.25) is 4.98 Å². The van der Waals surface area contributed by atoms with E-state index in [4.69, 9.17) is 0 Å². The molecular formula is C19H15N5. The van der Waals surface area contributed by atoms with Crippen molar-refractivity contribution in [3.8, 4) is 22.5 Å². The number of aromatic nitrogens is 5. The van der Waals surface area contributed by atoms with E-state index in [1.54, 1.807) is 17.2 Å². The molecule has 2 heterocycles. The van der Waals surface area contributed by atoms with Crippen LogP contribution < -0.4 is 0 Å². The minimum Gasteiger partial charge on any atom is -0.264 e. The molecular weight excluding hydrogens is 298 g/mol. The van der Waals surface area contributed by atoms with Crippen molar-refractivity contribution in [2.45, 2.75) is 6.54 Å². The number of benzene rings is 2. The summed E-state index contributed by atoms with van der Waals surface area (Å²) in [4.78, 5) is 5.69. The lowest BCUT2D eigenvalue weighted by molar-refractivity contribution is 0.572. The third-order valence-corrected chi connectivity index (χ3v) is 3.73. The van der Waals surface area contributed by atoms with E-state index in [0.29, 0.717) is 12.4 Å². The molecule has 0 unspecified atom stereocenters. The van der Waals surface area contributed by atoms with E-state index in [1.165, 1.54) is 5.56 Å². The van der Waals surface area contributed by atoms with E-state index in [-0.39, 0.29) is 0 Å². The first-order valence-corrected chi connectivity index (χ1v) is 7.71. The molecule has 2 aromatic heterocycles. The fourth-order valence-corrected chi connectivity index (χ4v) is 2.55. The highest BCUT2D eigenvalue weighted by atomic mass is 15.6. The Morgan fingerprint density at radius 3 is 2.46 bits per heavy atom. The molecule has 0 aliphatic heterocycles. The van der Waals surface area contributed by atoms with Crippen molar-refractivity contribution in [1.29, 1.82) is 0 Å². The standard InChI is InChI=1S/C19H15N5/c1-2-7-16(8-3-1)17-9-4-10-18(12-17)19-21-23-24(22-19)14-15-6-5-11-20-13-15/h1-13H,14H2. The van der Waals surface area contributed by atoms with Crippen LogP contribution in [0.2, 0.25) is 0 Å². The van der Waals surface area contributed by atoms with Gasteiger partial charge in [0, 0.05) is 18.0 Å². The molecule has 0 radical (unpaired) electrons. The van der Waals surface area contributed by atoms with Gasteiger partial charge in [-0.25, -0.2) is 0 Å². The summed E-state index contributed by atoms with van der Waals surface area (Å²) in [5, 5.41) is 12.8. The lowest BCUT2D eigenvalue weighted by Crippen LogP contribution is -2.04. The van der Waals surface area contributed by atoms with Gasteiger partial charge in [-0.2, -0.15) is 4.80 Å². The largest absolute Gasteiger partial charge is 0.264 e. The summed E-state index contributed by atoms with van der Waals surface area (Å²) in [5.41, 5.74) is 4.30. The smallest absolute Gasteiger partial charge is 0.204 e. The lowest BCUT2D eigenvalue weighted by atomic mass is 10.0. The van der Waals surface area contributed by atoms with Crippen molar-refractivity contribution in [2.75, 3.05) is 0 Å². The van der Waals surface area contributed by atoms with Gasteiger partial charge in [-0.05, 0) is 34.0 Å². The number of hydrogen-bond acceptors (Lipinski definition) is 4. The Hall–Kier alpha value is -3.34. The molecule has 116 valence electrons. The number of rotatable bonds is 4. The van der Waals surface area contributed by atoms with Crippen LogP contribution in [-0.4, -0.2) is 25.2 Å². The van der Waals surface area contributed by atoms with Crippen LogP contribution in [0.4, 0.5) is 0 Å². The third-order valence-electron chi connectivity index (χ3n) is 3.73. The van der Waals surface area contributed by atoms with E-state index >= 15 is 0 Å². The maximum absolute atomic E-state index is 4.48. The summed E-state index contributed by atoms with van der Waals surface area (Å²) in [6.07, 6.45) is 3.55. The molecule has 24 heavy (non-hydrogen) atoms. The molecule has 0 aliphatic carbocycles. The van der Waals surface area contributed by atoms with E-state index < -0.39 is 0 Å². The van der Waals surface area contributed by atoms with Gasteiger partial charge >= 0.3 is 0 Å². The Kier molecular flexibility index (Phi) is 3.81. The molecule has 4 rings (SSSR count). The molecule has 5 nitrogen and oxygen atoms in total. The highest BCUT2D eigenvalue weighted by Crippen LogP contribution is 2.23. The first kappa shape index (κ1) is 14.3. The second-order valence-corrected chi connectivity index (χ2v) is 5.45. The van der Waals surface area contributed by atoms with E-state index in [2.05, 4.69) is 44.7 Å². The van der Waals surface area contributed by atoms with Gasteiger partial charge in [0.25, 0.3) is 0 Å². The van der Waals surface area contributed by atoms with Crippen LogP contribution in [0.5, 0.6) is 0 Å². The zero-order valence-electron chi connectivity index (χ0n) is 12.9. The van der Waals surface area contributed by atoms with Gasteiger partial charge in [0.05, 0.1) is 6.54 Å². The summed E-state index contributed by atoms with van der Waals surface area (Å²) < 4.78 is 0. The number of hydrogen-bond donors (Lipinski definition) is 0. The van der Waals surface area contributed by atoms with Crippen molar-refractivity contribution in [1.82, 2.24) is 25.2 Å². The van der Waals surface area contributed by atoms with Crippen molar-refractivity contribution >= 4 is 0 Å². The van der Waals surface area contributed by atoms with Crippen molar-refractivity contribution in [3.63, 3.8) is 0 Å². The first-order chi connectivity index (χ1) is 11.9. The topological polar surface area (TPSA) is 56.5 Å². The summed E-state index contributed by atoms with van der Waals surface area (Å²) in [5.74, 6) is 0.622. The molecule has 4 aromatic rings. The molecule has 0 bridgehead atoms. The molecule has 0 saturated heterocycles. The van der Waals surface area contributed by atoms with Gasteiger partial charge in [-0.15, -0.1) is 10.2 Å². The normalized spacial score (nSPS) is 10.7. The lowest BCUT2D eigenvalue weighted by Gasteiger charge is -2.03. The van der Waals surface area contributed by atoms with Crippen molar-refractivity contribution in [2.24, 2.45) is 0 Å². The Morgan fingerprint density at radius 1 is 0.792 bits per heavy atom. The predicted octanol–water partition coefficient (Wildman–Crippen LogP) is 3.45. The van der Waals surface area contributed by atoms with Crippen LogP contribution in [0.25, 0.3) is 22.5 Å². The summed E-state index contributed by atoms with van der Waals surface area (Å²) >= 11 is 0. The summed E-state index contributed by atoms with van der Waals surface area (Å²) in [6, 6.07) is 22.3. The fraction of sp³-hybridized carbons (Fsp3) is 0.0526. The molecule has 0 saturated carbocycles. The van der Waals surface area contributed by atoms with Crippen molar-refractivity contribution in [3.05, 3.63) is 84.7 Å². The minimum absolute atomic E-state index is 0.555. The monoisotopic (exact) mass is 313 g/mol. The SMILES string of the molecule is c1ccc(-c2cccc(-c3nnn(Cc4cccnc4)n3)c2)cc1. The second-order valence-electron chi connectivity index (χ2n) is 5.45. The molecule has 0 atom stereocenters. The Balaban J connectivity index is 1.61. The van der Waals surface area contributed by atoms with Crippen LogP contribution in [0.1, 0.15) is 5.56 Å². The summed E-state index contributed by atoms with van der Waals surface area (Å²) in [7, 11) is 0. The fourth-order valence-electron chi connectivity index (χ4n) is 2.55. The molecule has 0 aliphatic rings. The van der Waals surface area contributed by atoms with E-state index in [0.717, 1.165) is 16.7 Å². The quantitative estimate of drug-likeness (QED) is 0.579. The van der Waals surface area contributed by atoms with E-state index in [9.17, 15) is 0 Å². The van der Waals surface area contributed by atoms with Gasteiger partial charge in [0.1, 0.15) is 0 Å². The Morgan fingerprint density at radius 2 is 1.62 bits per heavy atom. The van der Waals surface area contributed by atoms with Crippen molar-refractivity contribution < 1.29 is 0 Å². The highest BCUT2D eigenvalue weighted by Gasteiger charge is 2.08. The second kappa shape index (κ2) is 6.42. The van der Waals surface area contributed by atoms with Crippen LogP contribution in [0.15, 0.2) is 79.1 Å². The molecule has 5 heteroatoms. The van der Waals surface area contributed by atoms with Crippen LogP contribution in [0.3, 0.4) is 0 Å². The van der Waals surface area contributed by atoms with Gasteiger partial charge in [-0.1, -0.05) is 54.6 Å². The molecule has 0 N–H and O–H groups in total. The van der Waals surface area contributed by atoms with Crippen LogP contribution in [0, 0.1) is 0 Å². The maximum atomic E-state index is 4.48. The van der Waals surface area contributed by atoms with Crippen LogP contribution in [-0.2, 0) is 6.54 Å². The minimum atomic E-state index is 0.555. The molecule has 0 amide bonds. The predicted molar refractivity (Wildman–Crippen MR) is 92.0 cm³/mol. The number of nitrogens with zero attached hydrogens (tertiary/aromatic N) is 5. The molecule has 2 aromatic carbocycles. The maximum Gasteiger partial charge on any atom is 0.204 e. The molecule has 0 spiro atoms. The first-order valence-electron chi connectivity index (χ1n) is 7.71. The average molecular weight is 313 g/mol. The van der Waals surface area contributed by atoms with Crippen LogP contribution >= 0.6 is 0 Å².